The average Bonchev–Trinajstić information content (AvgIpc) is 3.30. The lowest BCUT2D eigenvalue weighted by Crippen LogP contribution is -2.11. The monoisotopic (exact) mass is 838 g/mol. The van der Waals surface area contributed by atoms with E-state index < -0.39 is 23.9 Å². The number of rotatable bonds is 25. The van der Waals surface area contributed by atoms with E-state index >= 15 is 0 Å². The second-order valence-electron chi connectivity index (χ2n) is 13.9. The van der Waals surface area contributed by atoms with Gasteiger partial charge in [-0.15, -0.1) is 0 Å². The third kappa shape index (κ3) is 15.7. The fourth-order valence-electron chi connectivity index (χ4n) is 5.93. The predicted molar refractivity (Wildman–Crippen MR) is 239 cm³/mol. The van der Waals surface area contributed by atoms with Crippen LogP contribution in [0.3, 0.4) is 0 Å². The summed E-state index contributed by atoms with van der Waals surface area (Å²) in [4.78, 5) is 48.7. The van der Waals surface area contributed by atoms with E-state index in [4.69, 9.17) is 28.4 Å². The quantitative estimate of drug-likeness (QED) is 0.0139. The minimum Gasteiger partial charge on any atom is -0.494 e. The Labute approximate surface area is 361 Å². The van der Waals surface area contributed by atoms with E-state index in [-0.39, 0.29) is 11.5 Å². The number of fused-ring (bicyclic) bond motifs is 1. The molecule has 0 bridgehead atoms. The van der Waals surface area contributed by atoms with Crippen molar-refractivity contribution in [3.05, 3.63) is 157 Å². The molecule has 0 aliphatic rings. The molecule has 0 unspecified atom stereocenters. The first kappa shape index (κ1) is 45.7. The van der Waals surface area contributed by atoms with Gasteiger partial charge in [-0.05, 0) is 140 Å². The number of nitrogens with zero attached hydrogens (tertiary/aromatic N) is 2. The molecule has 5 rings (SSSR count). The van der Waals surface area contributed by atoms with Gasteiger partial charge in [-0.25, -0.2) is 19.2 Å². The van der Waals surface area contributed by atoms with Gasteiger partial charge in [0.1, 0.15) is 23.0 Å². The molecule has 0 saturated heterocycles. The van der Waals surface area contributed by atoms with E-state index in [0.717, 1.165) is 79.9 Å². The van der Waals surface area contributed by atoms with Gasteiger partial charge in [-0.1, -0.05) is 49.6 Å². The average molecular weight is 839 g/mol. The van der Waals surface area contributed by atoms with Gasteiger partial charge in [-0.2, -0.15) is 10.2 Å². The van der Waals surface area contributed by atoms with Crippen molar-refractivity contribution in [2.45, 2.75) is 51.4 Å². The fourth-order valence-corrected chi connectivity index (χ4v) is 5.93. The van der Waals surface area contributed by atoms with E-state index in [2.05, 4.69) is 23.4 Å². The number of ether oxygens (including phenoxy) is 6. The normalized spacial score (nSPS) is 11.0. The summed E-state index contributed by atoms with van der Waals surface area (Å²) in [6.07, 6.45) is 12.2. The van der Waals surface area contributed by atoms with Crippen molar-refractivity contribution in [1.82, 2.24) is 0 Å². The van der Waals surface area contributed by atoms with Crippen LogP contribution in [-0.4, -0.2) is 62.7 Å². The molecule has 0 heterocycles. The standard InChI is InChI=1S/C50H50N2O10/c1-3-47(53)59-31-13-7-5-11-29-57-43-23-19-39(20-24-43)49(55)61-45-27-28-46(42(34-45)36-52-51-35-37-17-18-38-15-9-10-16-41(38)33-37)62-50(56)40-21-25-44(26-22-40)58-30-12-6-8-14-32-60-48(54)4-2/h3-4,9-10,15-28,33-36H,1-2,5-8,11-14,29-32H2/b51-35+,52-36+. The summed E-state index contributed by atoms with van der Waals surface area (Å²) < 4.78 is 33.1. The van der Waals surface area contributed by atoms with Crippen molar-refractivity contribution in [1.29, 1.82) is 0 Å². The SMILES string of the molecule is C=CC(=O)OCCCCCCOc1ccc(C(=O)Oc2ccc(OC(=O)c3ccc(OCCCCCCOC(=O)C=C)cc3)c(/C=N/N=C/c3ccc4ccccc4c3)c2)cc1. The maximum Gasteiger partial charge on any atom is 0.343 e. The Hall–Kier alpha value is -7.34. The van der Waals surface area contributed by atoms with E-state index in [1.54, 1.807) is 60.8 Å². The highest BCUT2D eigenvalue weighted by molar-refractivity contribution is 5.95. The summed E-state index contributed by atoms with van der Waals surface area (Å²) in [5, 5.41) is 10.6. The Bertz CT molecular complexity index is 2340. The summed E-state index contributed by atoms with van der Waals surface area (Å²) in [6.45, 7) is 8.50. The first-order chi connectivity index (χ1) is 30.3. The van der Waals surface area contributed by atoms with E-state index in [9.17, 15) is 19.2 Å². The van der Waals surface area contributed by atoms with Gasteiger partial charge in [0.25, 0.3) is 0 Å². The molecular formula is C50H50N2O10. The van der Waals surface area contributed by atoms with Gasteiger partial charge >= 0.3 is 23.9 Å². The summed E-state index contributed by atoms with van der Waals surface area (Å²) in [7, 11) is 0. The molecular weight excluding hydrogens is 789 g/mol. The molecule has 0 atom stereocenters. The molecule has 0 radical (unpaired) electrons. The molecule has 0 aliphatic carbocycles. The molecule has 5 aromatic carbocycles. The van der Waals surface area contributed by atoms with Crippen LogP contribution in [0.5, 0.6) is 23.0 Å². The second-order valence-corrected chi connectivity index (χ2v) is 13.9. The van der Waals surface area contributed by atoms with Crippen LogP contribution in [0.25, 0.3) is 10.8 Å². The van der Waals surface area contributed by atoms with Crippen molar-refractivity contribution in [2.24, 2.45) is 10.2 Å². The number of unbranched alkanes of at least 4 members (excludes halogenated alkanes) is 6. The summed E-state index contributed by atoms with van der Waals surface area (Å²) >= 11 is 0. The Balaban J connectivity index is 1.17. The van der Waals surface area contributed by atoms with Crippen molar-refractivity contribution in [3.8, 4) is 23.0 Å². The summed E-state index contributed by atoms with van der Waals surface area (Å²) in [5.41, 5.74) is 1.81. The van der Waals surface area contributed by atoms with Crippen LogP contribution in [-0.2, 0) is 19.1 Å². The highest BCUT2D eigenvalue weighted by Gasteiger charge is 2.15. The number of benzene rings is 5. The highest BCUT2D eigenvalue weighted by Crippen LogP contribution is 2.26. The van der Waals surface area contributed by atoms with Crippen LogP contribution >= 0.6 is 0 Å². The Morgan fingerprint density at radius 1 is 0.484 bits per heavy atom. The number of hydrogen-bond donors (Lipinski definition) is 0. The molecule has 0 spiro atoms. The molecule has 0 saturated carbocycles. The zero-order valence-corrected chi connectivity index (χ0v) is 34.6. The van der Waals surface area contributed by atoms with Gasteiger partial charge < -0.3 is 28.4 Å². The maximum absolute atomic E-state index is 13.3. The molecule has 0 fully saturated rings. The van der Waals surface area contributed by atoms with Crippen LogP contribution in [0.2, 0.25) is 0 Å². The molecule has 0 N–H and O–H groups in total. The van der Waals surface area contributed by atoms with Crippen LogP contribution < -0.4 is 18.9 Å². The van der Waals surface area contributed by atoms with Gasteiger partial charge in [-0.3, -0.25) is 0 Å². The summed E-state index contributed by atoms with van der Waals surface area (Å²) in [6, 6.07) is 31.8. The minimum absolute atomic E-state index is 0.177. The van der Waals surface area contributed by atoms with Crippen LogP contribution in [0, 0.1) is 0 Å². The first-order valence-corrected chi connectivity index (χ1v) is 20.5. The third-order valence-corrected chi connectivity index (χ3v) is 9.26. The Morgan fingerprint density at radius 2 is 0.984 bits per heavy atom. The van der Waals surface area contributed by atoms with E-state index in [1.807, 2.05) is 42.5 Å². The lowest BCUT2D eigenvalue weighted by Gasteiger charge is -2.11. The van der Waals surface area contributed by atoms with Gasteiger partial charge in [0.15, 0.2) is 0 Å². The van der Waals surface area contributed by atoms with Crippen molar-refractivity contribution < 1.29 is 47.6 Å². The minimum atomic E-state index is -0.610. The molecule has 0 aliphatic heterocycles. The third-order valence-electron chi connectivity index (χ3n) is 9.26. The number of esters is 4. The fraction of sp³-hybridized carbons (Fsp3) is 0.240. The lowest BCUT2D eigenvalue weighted by atomic mass is 10.1. The molecule has 320 valence electrons. The summed E-state index contributed by atoms with van der Waals surface area (Å²) in [5.74, 6) is -0.429. The molecule has 62 heavy (non-hydrogen) atoms. The lowest BCUT2D eigenvalue weighted by molar-refractivity contribution is -0.138. The highest BCUT2D eigenvalue weighted by atomic mass is 16.5. The number of hydrogen-bond acceptors (Lipinski definition) is 12. The van der Waals surface area contributed by atoms with E-state index in [0.29, 0.717) is 54.6 Å². The Kier molecular flexibility index (Phi) is 18.7. The molecule has 0 aromatic heterocycles. The molecule has 5 aromatic rings. The molecule has 0 amide bonds. The molecule has 12 heteroatoms. The predicted octanol–water partition coefficient (Wildman–Crippen LogP) is 10.1. The van der Waals surface area contributed by atoms with Gasteiger partial charge in [0.05, 0.1) is 50.0 Å². The first-order valence-electron chi connectivity index (χ1n) is 20.5. The smallest absolute Gasteiger partial charge is 0.343 e. The van der Waals surface area contributed by atoms with Crippen molar-refractivity contribution >= 4 is 47.1 Å². The van der Waals surface area contributed by atoms with Crippen LogP contribution in [0.1, 0.15) is 83.2 Å². The zero-order valence-electron chi connectivity index (χ0n) is 34.6. The van der Waals surface area contributed by atoms with Crippen molar-refractivity contribution in [3.63, 3.8) is 0 Å². The van der Waals surface area contributed by atoms with Gasteiger partial charge in [0, 0.05) is 17.7 Å². The number of carbonyl (C=O) groups excluding carboxylic acids is 4. The number of carbonyl (C=O) groups is 4. The van der Waals surface area contributed by atoms with Crippen molar-refractivity contribution in [2.75, 3.05) is 26.4 Å². The van der Waals surface area contributed by atoms with Crippen LogP contribution in [0.15, 0.2) is 145 Å². The van der Waals surface area contributed by atoms with Crippen LogP contribution in [0.4, 0.5) is 0 Å². The Morgan fingerprint density at radius 3 is 1.55 bits per heavy atom. The van der Waals surface area contributed by atoms with Gasteiger partial charge in [0.2, 0.25) is 0 Å². The largest absolute Gasteiger partial charge is 0.494 e. The second kappa shape index (κ2) is 25.3. The zero-order chi connectivity index (χ0) is 43.8. The topological polar surface area (TPSA) is 148 Å². The molecule has 12 nitrogen and oxygen atoms in total. The maximum atomic E-state index is 13.3. The van der Waals surface area contributed by atoms with E-state index in [1.165, 1.54) is 18.3 Å².